The normalized spacial score (nSPS) is 16.1. The van der Waals surface area contributed by atoms with E-state index in [-0.39, 0.29) is 17.4 Å². The van der Waals surface area contributed by atoms with E-state index >= 15 is 0 Å². The van der Waals surface area contributed by atoms with Crippen molar-refractivity contribution in [2.75, 3.05) is 0 Å². The third-order valence-electron chi connectivity index (χ3n) is 4.77. The van der Waals surface area contributed by atoms with Gasteiger partial charge in [0.15, 0.2) is 0 Å². The Morgan fingerprint density at radius 3 is 2.43 bits per heavy atom. The summed E-state index contributed by atoms with van der Waals surface area (Å²) in [6.45, 7) is 4.18. The van der Waals surface area contributed by atoms with Crippen molar-refractivity contribution in [3.05, 3.63) is 48.0 Å². The number of hydrogen-bond donors (Lipinski definition) is 1. The molecule has 0 aliphatic heterocycles. The number of rotatable bonds is 5. The van der Waals surface area contributed by atoms with Crippen LogP contribution in [0.2, 0.25) is 0 Å². The summed E-state index contributed by atoms with van der Waals surface area (Å²) in [7, 11) is 0. The lowest BCUT2D eigenvalue weighted by Crippen LogP contribution is -2.38. The third kappa shape index (κ3) is 2.55. The van der Waals surface area contributed by atoms with E-state index in [0.717, 1.165) is 25.7 Å². The highest BCUT2D eigenvalue weighted by atomic mass is 16.2. The summed E-state index contributed by atoms with van der Waals surface area (Å²) >= 11 is 0. The highest BCUT2D eigenvalue weighted by Gasteiger charge is 2.46. The van der Waals surface area contributed by atoms with Crippen molar-refractivity contribution in [3.63, 3.8) is 0 Å². The van der Waals surface area contributed by atoms with Crippen LogP contribution in [0.5, 0.6) is 0 Å². The lowest BCUT2D eigenvalue weighted by Gasteiger charge is -2.23. The molecule has 2 aromatic carbocycles. The quantitative estimate of drug-likeness (QED) is 0.865. The van der Waals surface area contributed by atoms with Crippen molar-refractivity contribution in [2.24, 2.45) is 5.92 Å². The summed E-state index contributed by atoms with van der Waals surface area (Å²) < 4.78 is 0. The van der Waals surface area contributed by atoms with Crippen LogP contribution in [0, 0.1) is 5.92 Å². The number of hydrogen-bond acceptors (Lipinski definition) is 1. The second kappa shape index (κ2) is 5.51. The molecule has 0 saturated heterocycles. The zero-order valence-corrected chi connectivity index (χ0v) is 12.9. The largest absolute Gasteiger partial charge is 0.346 e. The number of amides is 1. The number of nitrogens with one attached hydrogen (secondary N) is 1. The van der Waals surface area contributed by atoms with Gasteiger partial charge in [0.05, 0.1) is 5.54 Å². The van der Waals surface area contributed by atoms with Gasteiger partial charge in [0, 0.05) is 5.92 Å². The Kier molecular flexibility index (Phi) is 3.71. The molecule has 21 heavy (non-hydrogen) atoms. The van der Waals surface area contributed by atoms with Gasteiger partial charge in [-0.3, -0.25) is 4.79 Å². The third-order valence-corrected chi connectivity index (χ3v) is 4.77. The van der Waals surface area contributed by atoms with Gasteiger partial charge in [0.25, 0.3) is 0 Å². The van der Waals surface area contributed by atoms with Crippen molar-refractivity contribution in [3.8, 4) is 0 Å². The number of fused-ring (bicyclic) bond motifs is 1. The maximum absolute atomic E-state index is 12.5. The van der Waals surface area contributed by atoms with Crippen molar-refractivity contribution in [1.82, 2.24) is 5.32 Å². The Labute approximate surface area is 126 Å². The minimum absolute atomic E-state index is 0.124. The molecule has 2 heteroatoms. The van der Waals surface area contributed by atoms with Crippen LogP contribution >= 0.6 is 0 Å². The fourth-order valence-electron chi connectivity index (χ4n) is 3.23. The molecule has 1 fully saturated rings. The molecule has 0 radical (unpaired) electrons. The van der Waals surface area contributed by atoms with E-state index in [1.54, 1.807) is 0 Å². The molecule has 0 aromatic heterocycles. The molecule has 2 aromatic rings. The molecule has 110 valence electrons. The van der Waals surface area contributed by atoms with Crippen LogP contribution in [0.15, 0.2) is 42.5 Å². The van der Waals surface area contributed by atoms with E-state index in [4.69, 9.17) is 0 Å². The van der Waals surface area contributed by atoms with Gasteiger partial charge in [0.2, 0.25) is 5.91 Å². The molecular weight excluding hydrogens is 258 g/mol. The Balaban J connectivity index is 1.93. The van der Waals surface area contributed by atoms with Crippen molar-refractivity contribution in [2.45, 2.75) is 45.1 Å². The predicted octanol–water partition coefficient (Wildman–Crippen LogP) is 4.38. The molecule has 3 rings (SSSR count). The van der Waals surface area contributed by atoms with Crippen molar-refractivity contribution < 1.29 is 4.79 Å². The van der Waals surface area contributed by atoms with Gasteiger partial charge in [0.1, 0.15) is 0 Å². The highest BCUT2D eigenvalue weighted by molar-refractivity contribution is 5.88. The summed E-state index contributed by atoms with van der Waals surface area (Å²) in [5, 5.41) is 5.85. The second-order valence-electron chi connectivity index (χ2n) is 6.11. The van der Waals surface area contributed by atoms with Crippen molar-refractivity contribution in [1.29, 1.82) is 0 Å². The van der Waals surface area contributed by atoms with Crippen LogP contribution in [0.25, 0.3) is 10.8 Å². The minimum Gasteiger partial charge on any atom is -0.346 e. The summed E-state index contributed by atoms with van der Waals surface area (Å²) in [4.78, 5) is 12.5. The van der Waals surface area contributed by atoms with E-state index in [2.05, 4.69) is 61.6 Å². The fraction of sp³-hybridized carbons (Fsp3) is 0.421. The van der Waals surface area contributed by atoms with Crippen LogP contribution in [0.3, 0.4) is 0 Å². The monoisotopic (exact) mass is 281 g/mol. The van der Waals surface area contributed by atoms with Crippen LogP contribution in [0.1, 0.15) is 45.1 Å². The zero-order valence-electron chi connectivity index (χ0n) is 12.9. The van der Waals surface area contributed by atoms with Gasteiger partial charge in [-0.25, -0.2) is 0 Å². The van der Waals surface area contributed by atoms with Gasteiger partial charge in [-0.15, -0.1) is 0 Å². The van der Waals surface area contributed by atoms with E-state index in [9.17, 15) is 4.79 Å². The van der Waals surface area contributed by atoms with E-state index < -0.39 is 0 Å². The Morgan fingerprint density at radius 2 is 1.76 bits per heavy atom. The summed E-state index contributed by atoms with van der Waals surface area (Å²) in [5.41, 5.74) is 1.15. The molecule has 0 unspecified atom stereocenters. The lowest BCUT2D eigenvalue weighted by molar-refractivity contribution is -0.126. The summed E-state index contributed by atoms with van der Waals surface area (Å²) in [6.07, 6.45) is 3.92. The Bertz CT molecular complexity index is 648. The molecule has 1 aliphatic rings. The van der Waals surface area contributed by atoms with Crippen molar-refractivity contribution >= 4 is 16.7 Å². The van der Waals surface area contributed by atoms with E-state index in [1.807, 2.05) is 0 Å². The van der Waals surface area contributed by atoms with Gasteiger partial charge >= 0.3 is 0 Å². The Hall–Kier alpha value is -1.83. The fourth-order valence-corrected chi connectivity index (χ4v) is 3.23. The molecule has 1 aliphatic carbocycles. The van der Waals surface area contributed by atoms with Crippen LogP contribution < -0.4 is 5.32 Å². The number of carbonyl (C=O) groups is 1. The molecular formula is C19H23NO. The SMILES string of the molecule is CCC(CC)C(=O)NC1(c2cccc3ccccc23)CC1. The first kappa shape index (κ1) is 14.1. The molecule has 0 spiro atoms. The first-order chi connectivity index (χ1) is 10.2. The standard InChI is InChI=1S/C19H23NO/c1-3-14(4-2)18(21)20-19(12-13-19)17-11-7-9-15-8-5-6-10-16(15)17/h5-11,14H,3-4,12-13H2,1-2H3,(H,20,21). The first-order valence-electron chi connectivity index (χ1n) is 8.00. The van der Waals surface area contributed by atoms with Crippen LogP contribution in [0.4, 0.5) is 0 Å². The molecule has 0 heterocycles. The summed E-state index contributed by atoms with van der Waals surface area (Å²) in [6, 6.07) is 14.8. The maximum Gasteiger partial charge on any atom is 0.223 e. The molecule has 1 saturated carbocycles. The maximum atomic E-state index is 12.5. The molecule has 0 bridgehead atoms. The van der Waals surface area contributed by atoms with E-state index in [0.29, 0.717) is 0 Å². The van der Waals surface area contributed by atoms with Gasteiger partial charge in [-0.05, 0) is 42.0 Å². The molecule has 1 N–H and O–H groups in total. The van der Waals surface area contributed by atoms with Crippen LogP contribution in [-0.2, 0) is 10.3 Å². The van der Waals surface area contributed by atoms with Crippen LogP contribution in [-0.4, -0.2) is 5.91 Å². The Morgan fingerprint density at radius 1 is 1.10 bits per heavy atom. The van der Waals surface area contributed by atoms with Gasteiger partial charge in [-0.2, -0.15) is 0 Å². The molecule has 2 nitrogen and oxygen atoms in total. The highest BCUT2D eigenvalue weighted by Crippen LogP contribution is 2.48. The molecule has 0 atom stereocenters. The van der Waals surface area contributed by atoms with Gasteiger partial charge in [-0.1, -0.05) is 56.3 Å². The smallest absolute Gasteiger partial charge is 0.223 e. The summed E-state index contributed by atoms with van der Waals surface area (Å²) in [5.74, 6) is 0.350. The van der Waals surface area contributed by atoms with E-state index in [1.165, 1.54) is 16.3 Å². The zero-order chi connectivity index (χ0) is 14.9. The first-order valence-corrected chi connectivity index (χ1v) is 8.00. The number of benzene rings is 2. The van der Waals surface area contributed by atoms with Gasteiger partial charge < -0.3 is 5.32 Å². The predicted molar refractivity (Wildman–Crippen MR) is 87.1 cm³/mol. The molecule has 1 amide bonds. The average molecular weight is 281 g/mol. The average Bonchev–Trinajstić information content (AvgIpc) is 3.28. The lowest BCUT2D eigenvalue weighted by atomic mass is 9.95. The second-order valence-corrected chi connectivity index (χ2v) is 6.11. The topological polar surface area (TPSA) is 29.1 Å². The number of carbonyl (C=O) groups excluding carboxylic acids is 1. The minimum atomic E-state index is -0.124.